The van der Waals surface area contributed by atoms with Crippen molar-refractivity contribution < 1.29 is 9.13 Å². The highest BCUT2D eigenvalue weighted by Gasteiger charge is 2.05. The molecule has 0 atom stereocenters. The normalized spacial score (nSPS) is 10.6. The SMILES string of the molecule is Cc1nc(N)sc1SCCCOc1ccc(F)cc1. The van der Waals surface area contributed by atoms with Crippen LogP contribution in [0.4, 0.5) is 9.52 Å². The minimum Gasteiger partial charge on any atom is -0.494 e. The number of halogens is 1. The van der Waals surface area contributed by atoms with Crippen LogP contribution in [0.25, 0.3) is 0 Å². The minimum absolute atomic E-state index is 0.249. The molecular formula is C13H15FN2OS2. The molecule has 2 N–H and O–H groups in total. The van der Waals surface area contributed by atoms with Crippen molar-refractivity contribution >= 4 is 28.2 Å². The first-order valence-corrected chi connectivity index (χ1v) is 7.69. The van der Waals surface area contributed by atoms with Gasteiger partial charge in [-0.05, 0) is 37.6 Å². The molecule has 102 valence electrons. The van der Waals surface area contributed by atoms with Gasteiger partial charge in [0.15, 0.2) is 5.13 Å². The predicted molar refractivity (Wildman–Crippen MR) is 78.5 cm³/mol. The number of benzene rings is 1. The van der Waals surface area contributed by atoms with E-state index in [-0.39, 0.29) is 5.82 Å². The molecule has 1 aromatic heterocycles. The van der Waals surface area contributed by atoms with Crippen molar-refractivity contribution in [2.75, 3.05) is 18.1 Å². The third-order valence-corrected chi connectivity index (χ3v) is 4.81. The summed E-state index contributed by atoms with van der Waals surface area (Å²) in [5.41, 5.74) is 6.63. The maximum absolute atomic E-state index is 12.7. The molecule has 0 aliphatic carbocycles. The van der Waals surface area contributed by atoms with Crippen molar-refractivity contribution in [3.63, 3.8) is 0 Å². The Bertz CT molecular complexity index is 528. The van der Waals surface area contributed by atoms with Crippen LogP contribution in [0.15, 0.2) is 28.5 Å². The standard InChI is InChI=1S/C13H15FN2OS2/c1-9-12(19-13(15)16-9)18-8-2-7-17-11-5-3-10(14)4-6-11/h3-6H,2,7-8H2,1H3,(H2,15,16). The number of thioether (sulfide) groups is 1. The fourth-order valence-corrected chi connectivity index (χ4v) is 3.49. The molecule has 0 fully saturated rings. The van der Waals surface area contributed by atoms with Crippen molar-refractivity contribution in [1.29, 1.82) is 0 Å². The van der Waals surface area contributed by atoms with Crippen LogP contribution in [0.1, 0.15) is 12.1 Å². The predicted octanol–water partition coefficient (Wildman–Crippen LogP) is 3.73. The van der Waals surface area contributed by atoms with E-state index in [2.05, 4.69) is 4.98 Å². The molecule has 0 spiro atoms. The van der Waals surface area contributed by atoms with Crippen LogP contribution >= 0.6 is 23.1 Å². The molecule has 0 bridgehead atoms. The maximum Gasteiger partial charge on any atom is 0.181 e. The Kier molecular flexibility index (Phi) is 5.04. The third kappa shape index (κ3) is 4.40. The summed E-state index contributed by atoms with van der Waals surface area (Å²) in [6.07, 6.45) is 0.916. The van der Waals surface area contributed by atoms with E-state index >= 15 is 0 Å². The molecule has 0 unspecified atom stereocenters. The van der Waals surface area contributed by atoms with E-state index in [1.54, 1.807) is 23.9 Å². The van der Waals surface area contributed by atoms with Crippen LogP contribution in [0.3, 0.4) is 0 Å². The van der Waals surface area contributed by atoms with Gasteiger partial charge in [-0.15, -0.1) is 11.8 Å². The molecule has 2 aromatic rings. The Morgan fingerprint density at radius 1 is 1.37 bits per heavy atom. The van der Waals surface area contributed by atoms with Gasteiger partial charge >= 0.3 is 0 Å². The minimum atomic E-state index is -0.249. The summed E-state index contributed by atoms with van der Waals surface area (Å²) in [6.45, 7) is 2.58. The van der Waals surface area contributed by atoms with Gasteiger partial charge in [0.25, 0.3) is 0 Å². The first-order valence-electron chi connectivity index (χ1n) is 5.89. The molecule has 0 aliphatic heterocycles. The van der Waals surface area contributed by atoms with Gasteiger partial charge in [0, 0.05) is 5.75 Å². The highest BCUT2D eigenvalue weighted by Crippen LogP contribution is 2.30. The smallest absolute Gasteiger partial charge is 0.181 e. The number of nitrogen functional groups attached to an aromatic ring is 1. The van der Waals surface area contributed by atoms with Crippen LogP contribution in [0, 0.1) is 12.7 Å². The molecular weight excluding hydrogens is 283 g/mol. The number of hydrogen-bond donors (Lipinski definition) is 1. The van der Waals surface area contributed by atoms with Crippen molar-refractivity contribution in [1.82, 2.24) is 4.98 Å². The summed E-state index contributed by atoms with van der Waals surface area (Å²) >= 11 is 3.26. The fourth-order valence-electron chi connectivity index (χ4n) is 1.48. The van der Waals surface area contributed by atoms with E-state index in [0.717, 1.165) is 17.9 Å². The van der Waals surface area contributed by atoms with E-state index < -0.39 is 0 Å². The number of aromatic nitrogens is 1. The molecule has 0 saturated carbocycles. The zero-order chi connectivity index (χ0) is 13.7. The summed E-state index contributed by atoms with van der Waals surface area (Å²) in [5, 5.41) is 0.613. The van der Waals surface area contributed by atoms with Crippen LogP contribution < -0.4 is 10.5 Å². The first kappa shape index (κ1) is 14.1. The first-order chi connectivity index (χ1) is 9.15. The number of aryl methyl sites for hydroxylation is 1. The number of anilines is 1. The summed E-state index contributed by atoms with van der Waals surface area (Å²) in [6, 6.07) is 6.06. The zero-order valence-corrected chi connectivity index (χ0v) is 12.2. The summed E-state index contributed by atoms with van der Waals surface area (Å²) in [7, 11) is 0. The van der Waals surface area contributed by atoms with E-state index in [4.69, 9.17) is 10.5 Å². The van der Waals surface area contributed by atoms with E-state index in [0.29, 0.717) is 17.5 Å². The van der Waals surface area contributed by atoms with E-state index in [1.165, 1.54) is 27.7 Å². The Morgan fingerprint density at radius 2 is 2.11 bits per heavy atom. The number of nitrogens with two attached hydrogens (primary N) is 1. The molecule has 2 rings (SSSR count). The Balaban J connectivity index is 1.67. The Hall–Kier alpha value is -1.27. The van der Waals surface area contributed by atoms with Gasteiger partial charge in [-0.3, -0.25) is 0 Å². The topological polar surface area (TPSA) is 48.1 Å². The second-order valence-electron chi connectivity index (χ2n) is 3.93. The number of hydrogen-bond acceptors (Lipinski definition) is 5. The van der Waals surface area contributed by atoms with E-state index in [1.807, 2.05) is 6.92 Å². The van der Waals surface area contributed by atoms with Crippen LogP contribution in [0.2, 0.25) is 0 Å². The van der Waals surface area contributed by atoms with Gasteiger partial charge in [-0.1, -0.05) is 11.3 Å². The molecule has 0 radical (unpaired) electrons. The second kappa shape index (κ2) is 6.77. The Morgan fingerprint density at radius 3 is 2.74 bits per heavy atom. The fraction of sp³-hybridized carbons (Fsp3) is 0.308. The summed E-state index contributed by atoms with van der Waals surface area (Å²) in [5.74, 6) is 1.40. The molecule has 3 nitrogen and oxygen atoms in total. The quantitative estimate of drug-likeness (QED) is 0.652. The molecule has 1 heterocycles. The molecule has 0 saturated heterocycles. The number of thiazole rings is 1. The highest BCUT2D eigenvalue weighted by atomic mass is 32.2. The molecule has 19 heavy (non-hydrogen) atoms. The third-order valence-electron chi connectivity index (χ3n) is 2.37. The largest absolute Gasteiger partial charge is 0.494 e. The van der Waals surface area contributed by atoms with Crippen LogP contribution in [-0.4, -0.2) is 17.3 Å². The monoisotopic (exact) mass is 298 g/mol. The lowest BCUT2D eigenvalue weighted by molar-refractivity contribution is 0.318. The van der Waals surface area contributed by atoms with Gasteiger partial charge < -0.3 is 10.5 Å². The molecule has 0 aliphatic rings. The van der Waals surface area contributed by atoms with Gasteiger partial charge in [-0.2, -0.15) is 0 Å². The van der Waals surface area contributed by atoms with Crippen LogP contribution in [-0.2, 0) is 0 Å². The van der Waals surface area contributed by atoms with Gasteiger partial charge in [-0.25, -0.2) is 9.37 Å². The lowest BCUT2D eigenvalue weighted by Crippen LogP contribution is -1.98. The number of nitrogens with zero attached hydrogens (tertiary/aromatic N) is 1. The van der Waals surface area contributed by atoms with Gasteiger partial charge in [0.05, 0.1) is 16.5 Å². The molecule has 0 amide bonds. The van der Waals surface area contributed by atoms with Crippen molar-refractivity contribution in [2.45, 2.75) is 17.6 Å². The molecule has 1 aromatic carbocycles. The lowest BCUT2D eigenvalue weighted by atomic mass is 10.3. The van der Waals surface area contributed by atoms with Crippen molar-refractivity contribution in [3.05, 3.63) is 35.8 Å². The van der Waals surface area contributed by atoms with Crippen LogP contribution in [0.5, 0.6) is 5.75 Å². The average molecular weight is 298 g/mol. The van der Waals surface area contributed by atoms with Crippen molar-refractivity contribution in [3.8, 4) is 5.75 Å². The van der Waals surface area contributed by atoms with Gasteiger partial charge in [0.1, 0.15) is 11.6 Å². The van der Waals surface area contributed by atoms with Crippen molar-refractivity contribution in [2.24, 2.45) is 0 Å². The average Bonchev–Trinajstić information content (AvgIpc) is 2.70. The molecule has 6 heteroatoms. The van der Waals surface area contributed by atoms with E-state index in [9.17, 15) is 4.39 Å². The highest BCUT2D eigenvalue weighted by molar-refractivity contribution is 8.01. The Labute approximate surface area is 120 Å². The summed E-state index contributed by atoms with van der Waals surface area (Å²) < 4.78 is 19.4. The summed E-state index contributed by atoms with van der Waals surface area (Å²) in [4.78, 5) is 4.17. The zero-order valence-electron chi connectivity index (χ0n) is 10.6. The maximum atomic E-state index is 12.7. The second-order valence-corrected chi connectivity index (χ2v) is 6.32. The number of ether oxygens (including phenoxy) is 1. The van der Waals surface area contributed by atoms with Gasteiger partial charge in [0.2, 0.25) is 0 Å². The lowest BCUT2D eigenvalue weighted by Gasteiger charge is -2.05. The number of rotatable bonds is 6.